The van der Waals surface area contributed by atoms with Crippen LogP contribution in [0.15, 0.2) is 5.10 Å². The van der Waals surface area contributed by atoms with E-state index in [9.17, 15) is 9.90 Å². The number of nitrogens with zero attached hydrogens (tertiary/aromatic N) is 2. The molecule has 0 saturated heterocycles. The van der Waals surface area contributed by atoms with E-state index in [2.05, 4.69) is 5.10 Å². The SMILES string of the molecule is CCC1=NN(C2CCCCC2O)C(=O)C1. The Bertz CT molecular complexity index is 288. The molecule has 2 atom stereocenters. The van der Waals surface area contributed by atoms with Gasteiger partial charge in [-0.05, 0) is 19.3 Å². The summed E-state index contributed by atoms with van der Waals surface area (Å²) >= 11 is 0. The number of hydrogen-bond donors (Lipinski definition) is 1. The Morgan fingerprint density at radius 1 is 1.47 bits per heavy atom. The van der Waals surface area contributed by atoms with E-state index in [-0.39, 0.29) is 18.1 Å². The van der Waals surface area contributed by atoms with Crippen molar-refractivity contribution in [2.75, 3.05) is 0 Å². The first kappa shape index (κ1) is 10.6. The van der Waals surface area contributed by atoms with Gasteiger partial charge >= 0.3 is 0 Å². The van der Waals surface area contributed by atoms with Crippen LogP contribution in [0, 0.1) is 0 Å². The summed E-state index contributed by atoms with van der Waals surface area (Å²) in [4.78, 5) is 11.7. The average Bonchev–Trinajstić information content (AvgIpc) is 2.60. The fourth-order valence-corrected chi connectivity index (χ4v) is 2.33. The van der Waals surface area contributed by atoms with E-state index in [0.29, 0.717) is 6.42 Å². The van der Waals surface area contributed by atoms with E-state index in [4.69, 9.17) is 0 Å². The molecule has 0 radical (unpaired) electrons. The Kier molecular flexibility index (Phi) is 3.05. The lowest BCUT2D eigenvalue weighted by molar-refractivity contribution is -0.134. The van der Waals surface area contributed by atoms with Crippen LogP contribution in [0.4, 0.5) is 0 Å². The van der Waals surface area contributed by atoms with Crippen LogP contribution in [0.1, 0.15) is 45.4 Å². The second-order valence-electron chi connectivity index (χ2n) is 4.35. The van der Waals surface area contributed by atoms with Gasteiger partial charge < -0.3 is 5.11 Å². The number of rotatable bonds is 2. The first-order valence-electron chi connectivity index (χ1n) is 5.79. The molecule has 0 aromatic heterocycles. The van der Waals surface area contributed by atoms with E-state index in [1.165, 1.54) is 5.01 Å². The molecule has 1 fully saturated rings. The molecule has 1 aliphatic carbocycles. The molecular weight excluding hydrogens is 192 g/mol. The van der Waals surface area contributed by atoms with Crippen molar-refractivity contribution < 1.29 is 9.90 Å². The summed E-state index contributed by atoms with van der Waals surface area (Å²) in [5.74, 6) is 0.0535. The molecule has 1 amide bonds. The van der Waals surface area contributed by atoms with E-state index < -0.39 is 0 Å². The highest BCUT2D eigenvalue weighted by Crippen LogP contribution is 2.26. The second kappa shape index (κ2) is 4.31. The molecular formula is C11H18N2O2. The lowest BCUT2D eigenvalue weighted by Gasteiger charge is -2.32. The summed E-state index contributed by atoms with van der Waals surface area (Å²) in [6, 6.07) is -0.0738. The van der Waals surface area contributed by atoms with E-state index in [1.54, 1.807) is 0 Å². The van der Waals surface area contributed by atoms with Crippen LogP contribution in [0.3, 0.4) is 0 Å². The maximum Gasteiger partial charge on any atom is 0.248 e. The molecule has 0 aromatic rings. The van der Waals surface area contributed by atoms with Gasteiger partial charge in [-0.2, -0.15) is 5.10 Å². The number of carbonyl (C=O) groups is 1. The minimum Gasteiger partial charge on any atom is -0.391 e. The highest BCUT2D eigenvalue weighted by Gasteiger charge is 2.35. The zero-order valence-electron chi connectivity index (χ0n) is 9.15. The van der Waals surface area contributed by atoms with Crippen molar-refractivity contribution in [3.63, 3.8) is 0 Å². The van der Waals surface area contributed by atoms with Crippen LogP contribution in [0.5, 0.6) is 0 Å². The second-order valence-corrected chi connectivity index (χ2v) is 4.35. The van der Waals surface area contributed by atoms with Gasteiger partial charge in [-0.15, -0.1) is 0 Å². The first-order valence-corrected chi connectivity index (χ1v) is 5.79. The molecule has 2 rings (SSSR count). The minimum atomic E-state index is -0.386. The summed E-state index contributed by atoms with van der Waals surface area (Å²) in [5.41, 5.74) is 0.942. The standard InChI is InChI=1S/C11H18N2O2/c1-2-8-7-11(15)13(12-8)9-5-3-4-6-10(9)14/h9-10,14H,2-7H2,1H3. The van der Waals surface area contributed by atoms with Crippen molar-refractivity contribution in [1.29, 1.82) is 0 Å². The van der Waals surface area contributed by atoms with Crippen molar-refractivity contribution in [3.05, 3.63) is 0 Å². The van der Waals surface area contributed by atoms with Crippen molar-refractivity contribution >= 4 is 11.6 Å². The summed E-state index contributed by atoms with van der Waals surface area (Å²) < 4.78 is 0. The number of hydrazone groups is 1. The largest absolute Gasteiger partial charge is 0.391 e. The van der Waals surface area contributed by atoms with Crippen molar-refractivity contribution in [2.45, 2.75) is 57.6 Å². The Balaban J connectivity index is 2.09. The van der Waals surface area contributed by atoms with Gasteiger partial charge in [0.2, 0.25) is 5.91 Å². The molecule has 2 aliphatic rings. The van der Waals surface area contributed by atoms with Crippen LogP contribution in [0.25, 0.3) is 0 Å². The zero-order valence-corrected chi connectivity index (χ0v) is 9.15. The zero-order chi connectivity index (χ0) is 10.8. The molecule has 1 heterocycles. The van der Waals surface area contributed by atoms with Crippen molar-refractivity contribution in [1.82, 2.24) is 5.01 Å². The van der Waals surface area contributed by atoms with E-state index in [0.717, 1.165) is 37.8 Å². The Morgan fingerprint density at radius 2 is 2.20 bits per heavy atom. The molecule has 4 heteroatoms. The van der Waals surface area contributed by atoms with E-state index >= 15 is 0 Å². The highest BCUT2D eigenvalue weighted by atomic mass is 16.3. The molecule has 1 saturated carbocycles. The normalized spacial score (nSPS) is 32.0. The number of carbonyl (C=O) groups excluding carboxylic acids is 1. The monoisotopic (exact) mass is 210 g/mol. The topological polar surface area (TPSA) is 52.9 Å². The molecule has 15 heavy (non-hydrogen) atoms. The molecule has 0 bridgehead atoms. The predicted octanol–water partition coefficient (Wildman–Crippen LogP) is 1.29. The van der Waals surface area contributed by atoms with Crippen LogP contribution >= 0.6 is 0 Å². The Morgan fingerprint density at radius 3 is 2.80 bits per heavy atom. The van der Waals surface area contributed by atoms with Gasteiger partial charge in [0.1, 0.15) is 0 Å². The third-order valence-corrected chi connectivity index (χ3v) is 3.28. The molecule has 0 spiro atoms. The lowest BCUT2D eigenvalue weighted by Crippen LogP contribution is -2.43. The smallest absolute Gasteiger partial charge is 0.248 e. The van der Waals surface area contributed by atoms with Gasteiger partial charge in [-0.3, -0.25) is 4.79 Å². The van der Waals surface area contributed by atoms with Crippen molar-refractivity contribution in [2.24, 2.45) is 5.10 Å². The maximum absolute atomic E-state index is 11.7. The van der Waals surface area contributed by atoms with Gasteiger partial charge in [0.05, 0.1) is 18.6 Å². The third kappa shape index (κ3) is 2.04. The van der Waals surface area contributed by atoms with Gasteiger partial charge in [-0.25, -0.2) is 5.01 Å². The van der Waals surface area contributed by atoms with Gasteiger partial charge in [0.15, 0.2) is 0 Å². The fourth-order valence-electron chi connectivity index (χ4n) is 2.33. The molecule has 84 valence electrons. The number of aliphatic hydroxyl groups is 1. The Hall–Kier alpha value is -0.900. The molecule has 1 aliphatic heterocycles. The quantitative estimate of drug-likeness (QED) is 0.746. The fraction of sp³-hybridized carbons (Fsp3) is 0.818. The van der Waals surface area contributed by atoms with Crippen molar-refractivity contribution in [3.8, 4) is 0 Å². The number of hydrogen-bond acceptors (Lipinski definition) is 3. The van der Waals surface area contributed by atoms with Crippen LogP contribution in [0.2, 0.25) is 0 Å². The molecule has 0 aromatic carbocycles. The van der Waals surface area contributed by atoms with Gasteiger partial charge in [0.25, 0.3) is 0 Å². The first-order chi connectivity index (χ1) is 7.22. The predicted molar refractivity (Wildman–Crippen MR) is 57.5 cm³/mol. The van der Waals surface area contributed by atoms with E-state index in [1.807, 2.05) is 6.92 Å². The average molecular weight is 210 g/mol. The number of amides is 1. The minimum absolute atomic E-state index is 0.0535. The number of aliphatic hydroxyl groups excluding tert-OH is 1. The summed E-state index contributed by atoms with van der Waals surface area (Å²) in [6.45, 7) is 2.01. The van der Waals surface area contributed by atoms with Crippen LogP contribution in [-0.4, -0.2) is 33.9 Å². The van der Waals surface area contributed by atoms with Crippen LogP contribution < -0.4 is 0 Å². The third-order valence-electron chi connectivity index (χ3n) is 3.28. The lowest BCUT2D eigenvalue weighted by atomic mass is 9.92. The van der Waals surface area contributed by atoms with Gasteiger partial charge in [-0.1, -0.05) is 19.8 Å². The summed E-state index contributed by atoms with van der Waals surface area (Å²) in [5, 5.41) is 15.7. The Labute approximate surface area is 90.0 Å². The highest BCUT2D eigenvalue weighted by molar-refractivity contribution is 6.04. The van der Waals surface area contributed by atoms with Crippen LogP contribution in [-0.2, 0) is 4.79 Å². The maximum atomic E-state index is 11.7. The molecule has 2 unspecified atom stereocenters. The van der Waals surface area contributed by atoms with Gasteiger partial charge in [0, 0.05) is 5.71 Å². The summed E-state index contributed by atoms with van der Waals surface area (Å²) in [6.07, 6.45) is 4.71. The summed E-state index contributed by atoms with van der Waals surface area (Å²) in [7, 11) is 0. The molecule has 1 N–H and O–H groups in total. The molecule has 4 nitrogen and oxygen atoms in total.